The molecule has 0 saturated carbocycles. The minimum atomic E-state index is -0.0390. The maximum absolute atomic E-state index is 5.76. The minimum absolute atomic E-state index is 0.0390. The van der Waals surface area contributed by atoms with Crippen molar-refractivity contribution in [1.82, 2.24) is 0 Å². The molecule has 0 aromatic heterocycles. The monoisotopic (exact) mass is 246 g/mol. The molecule has 1 aliphatic rings. The van der Waals surface area contributed by atoms with E-state index in [-0.39, 0.29) is 11.7 Å². The Kier molecular flexibility index (Phi) is 11.2. The molecule has 1 heterocycles. The Labute approximate surface area is 109 Å². The van der Waals surface area contributed by atoms with Crippen molar-refractivity contribution in [3.8, 4) is 0 Å². The lowest BCUT2D eigenvalue weighted by molar-refractivity contribution is -0.253. The van der Waals surface area contributed by atoms with Gasteiger partial charge in [-0.3, -0.25) is 0 Å². The van der Waals surface area contributed by atoms with Crippen molar-refractivity contribution >= 4 is 0 Å². The highest BCUT2D eigenvalue weighted by Gasteiger charge is 2.34. The smallest absolute Gasteiger partial charge is 0.155 e. The zero-order chi connectivity index (χ0) is 14.1. The molecule has 0 aromatic rings. The summed E-state index contributed by atoms with van der Waals surface area (Å²) in [6, 6.07) is 0. The maximum atomic E-state index is 5.76. The van der Waals surface area contributed by atoms with Gasteiger partial charge in [0.05, 0.1) is 12.2 Å². The SMILES string of the molecule is CC.CC.CCC1CC(C(C)(C)C)OC(C)O1. The second-order valence-corrected chi connectivity index (χ2v) is 4.96. The van der Waals surface area contributed by atoms with Crippen LogP contribution < -0.4 is 0 Å². The van der Waals surface area contributed by atoms with Crippen LogP contribution in [0.5, 0.6) is 0 Å². The van der Waals surface area contributed by atoms with Gasteiger partial charge >= 0.3 is 0 Å². The van der Waals surface area contributed by atoms with E-state index in [0.29, 0.717) is 12.2 Å². The lowest BCUT2D eigenvalue weighted by Gasteiger charge is -2.40. The molecule has 3 atom stereocenters. The summed E-state index contributed by atoms with van der Waals surface area (Å²) in [5.74, 6) is 0. The average molecular weight is 246 g/mol. The Balaban J connectivity index is 0. The van der Waals surface area contributed by atoms with E-state index in [1.807, 2.05) is 34.6 Å². The largest absolute Gasteiger partial charge is 0.350 e. The number of rotatable bonds is 1. The van der Waals surface area contributed by atoms with E-state index >= 15 is 0 Å². The van der Waals surface area contributed by atoms with Crippen LogP contribution in [0.1, 0.15) is 75.2 Å². The van der Waals surface area contributed by atoms with Gasteiger partial charge in [-0.15, -0.1) is 0 Å². The van der Waals surface area contributed by atoms with Gasteiger partial charge in [0.1, 0.15) is 0 Å². The first kappa shape index (κ1) is 19.3. The molecular weight excluding hydrogens is 212 g/mol. The standard InChI is InChI=1S/C11H22O2.2C2H6/c1-6-9-7-10(11(3,4)5)13-8(2)12-9;2*1-2/h8-10H,6-7H2,1-5H3;2*1-2H3. The van der Waals surface area contributed by atoms with Gasteiger partial charge in [-0.2, -0.15) is 0 Å². The quantitative estimate of drug-likeness (QED) is 0.647. The van der Waals surface area contributed by atoms with Gasteiger partial charge in [0, 0.05) is 6.42 Å². The third-order valence-corrected chi connectivity index (χ3v) is 2.64. The summed E-state index contributed by atoms with van der Waals surface area (Å²) in [4.78, 5) is 0. The van der Waals surface area contributed by atoms with Crippen LogP contribution in [-0.2, 0) is 9.47 Å². The number of ether oxygens (including phenoxy) is 2. The summed E-state index contributed by atoms with van der Waals surface area (Å²) in [6.45, 7) is 18.8. The van der Waals surface area contributed by atoms with Crippen LogP contribution in [0.3, 0.4) is 0 Å². The van der Waals surface area contributed by atoms with Crippen molar-refractivity contribution in [3.05, 3.63) is 0 Å². The maximum Gasteiger partial charge on any atom is 0.155 e. The molecule has 0 spiro atoms. The second kappa shape index (κ2) is 9.90. The van der Waals surface area contributed by atoms with Crippen molar-refractivity contribution < 1.29 is 9.47 Å². The molecule has 0 aliphatic carbocycles. The molecule has 0 amide bonds. The van der Waals surface area contributed by atoms with Crippen molar-refractivity contribution in [2.45, 2.75) is 93.7 Å². The summed E-state index contributed by atoms with van der Waals surface area (Å²) < 4.78 is 11.4. The summed E-state index contributed by atoms with van der Waals surface area (Å²) in [5, 5.41) is 0. The highest BCUT2D eigenvalue weighted by molar-refractivity contribution is 4.80. The van der Waals surface area contributed by atoms with Crippen molar-refractivity contribution in [2.75, 3.05) is 0 Å². The van der Waals surface area contributed by atoms with E-state index in [0.717, 1.165) is 12.8 Å². The van der Waals surface area contributed by atoms with Crippen LogP contribution in [0.2, 0.25) is 0 Å². The Bertz CT molecular complexity index is 161. The topological polar surface area (TPSA) is 18.5 Å². The van der Waals surface area contributed by atoms with Gasteiger partial charge in [0.15, 0.2) is 6.29 Å². The normalized spacial score (nSPS) is 28.4. The molecule has 106 valence electrons. The Hall–Kier alpha value is -0.0800. The van der Waals surface area contributed by atoms with Gasteiger partial charge in [-0.05, 0) is 18.8 Å². The molecule has 2 nitrogen and oxygen atoms in total. The van der Waals surface area contributed by atoms with Crippen molar-refractivity contribution in [1.29, 1.82) is 0 Å². The summed E-state index contributed by atoms with van der Waals surface area (Å²) in [7, 11) is 0. The molecule has 1 rings (SSSR count). The Morgan fingerprint density at radius 1 is 1.00 bits per heavy atom. The first-order valence-electron chi connectivity index (χ1n) is 7.24. The molecular formula is C15H34O2. The van der Waals surface area contributed by atoms with Crippen molar-refractivity contribution in [2.24, 2.45) is 5.41 Å². The summed E-state index contributed by atoms with van der Waals surface area (Å²) in [5.41, 5.74) is 0.228. The first-order valence-corrected chi connectivity index (χ1v) is 7.24. The zero-order valence-electron chi connectivity index (χ0n) is 13.5. The van der Waals surface area contributed by atoms with Gasteiger partial charge < -0.3 is 9.47 Å². The minimum Gasteiger partial charge on any atom is -0.350 e. The Morgan fingerprint density at radius 2 is 1.47 bits per heavy atom. The molecule has 1 aliphatic heterocycles. The van der Waals surface area contributed by atoms with E-state index in [9.17, 15) is 0 Å². The number of hydrogen-bond acceptors (Lipinski definition) is 2. The van der Waals surface area contributed by atoms with Crippen LogP contribution in [0.25, 0.3) is 0 Å². The second-order valence-electron chi connectivity index (χ2n) is 4.96. The van der Waals surface area contributed by atoms with Crippen LogP contribution in [-0.4, -0.2) is 18.5 Å². The van der Waals surface area contributed by atoms with Crippen molar-refractivity contribution in [3.63, 3.8) is 0 Å². The Morgan fingerprint density at radius 3 is 1.82 bits per heavy atom. The van der Waals surface area contributed by atoms with Gasteiger partial charge in [0.25, 0.3) is 0 Å². The summed E-state index contributed by atoms with van der Waals surface area (Å²) in [6.07, 6.45) is 2.79. The summed E-state index contributed by atoms with van der Waals surface area (Å²) >= 11 is 0. The van der Waals surface area contributed by atoms with E-state index in [1.54, 1.807) is 0 Å². The van der Waals surface area contributed by atoms with E-state index in [2.05, 4.69) is 27.7 Å². The highest BCUT2D eigenvalue weighted by Crippen LogP contribution is 2.32. The van der Waals surface area contributed by atoms with Crippen LogP contribution in [0.4, 0.5) is 0 Å². The molecule has 3 unspecified atom stereocenters. The number of hydrogen-bond donors (Lipinski definition) is 0. The van der Waals surface area contributed by atoms with E-state index in [1.165, 1.54) is 0 Å². The molecule has 2 heteroatoms. The molecule has 0 N–H and O–H groups in total. The molecule has 0 aromatic carbocycles. The fraction of sp³-hybridized carbons (Fsp3) is 1.00. The van der Waals surface area contributed by atoms with Crippen LogP contribution >= 0.6 is 0 Å². The molecule has 0 radical (unpaired) electrons. The van der Waals surface area contributed by atoms with E-state index < -0.39 is 0 Å². The molecule has 1 fully saturated rings. The third kappa shape index (κ3) is 7.77. The fourth-order valence-corrected chi connectivity index (χ4v) is 1.70. The van der Waals surface area contributed by atoms with Gasteiger partial charge in [-0.25, -0.2) is 0 Å². The fourth-order valence-electron chi connectivity index (χ4n) is 1.70. The van der Waals surface area contributed by atoms with Crippen LogP contribution in [0, 0.1) is 5.41 Å². The molecule has 1 saturated heterocycles. The zero-order valence-corrected chi connectivity index (χ0v) is 13.5. The van der Waals surface area contributed by atoms with Crippen LogP contribution in [0.15, 0.2) is 0 Å². The van der Waals surface area contributed by atoms with Gasteiger partial charge in [0.2, 0.25) is 0 Å². The lowest BCUT2D eigenvalue weighted by atomic mass is 9.85. The van der Waals surface area contributed by atoms with E-state index in [4.69, 9.17) is 9.47 Å². The predicted molar refractivity (Wildman–Crippen MR) is 76.3 cm³/mol. The molecule has 17 heavy (non-hydrogen) atoms. The lowest BCUT2D eigenvalue weighted by Crippen LogP contribution is -2.42. The molecule has 0 bridgehead atoms. The van der Waals surface area contributed by atoms with Gasteiger partial charge in [-0.1, -0.05) is 55.4 Å². The average Bonchev–Trinajstić information content (AvgIpc) is 2.32. The predicted octanol–water partition coefficient (Wildman–Crippen LogP) is 5.02. The third-order valence-electron chi connectivity index (χ3n) is 2.64. The highest BCUT2D eigenvalue weighted by atomic mass is 16.7. The first-order chi connectivity index (χ1) is 7.93.